The van der Waals surface area contributed by atoms with Crippen molar-refractivity contribution >= 4 is 27.7 Å². The fraction of sp³-hybridized carbons (Fsp3) is 0.318. The molecular weight excluding hydrogens is 450 g/mol. The Morgan fingerprint density at radius 3 is 2.73 bits per heavy atom. The Morgan fingerprint density at radius 2 is 1.97 bits per heavy atom. The Hall–Kier alpha value is -3.05. The Balaban J connectivity index is 1.43. The van der Waals surface area contributed by atoms with E-state index in [1.807, 2.05) is 24.3 Å². The highest BCUT2D eigenvalue weighted by Gasteiger charge is 2.35. The van der Waals surface area contributed by atoms with Gasteiger partial charge in [-0.15, -0.1) is 0 Å². The van der Waals surface area contributed by atoms with Crippen molar-refractivity contribution in [1.82, 2.24) is 10.2 Å². The highest BCUT2D eigenvalue weighted by atomic mass is 79.9. The summed E-state index contributed by atoms with van der Waals surface area (Å²) < 4.78 is 11.6. The minimum Gasteiger partial charge on any atom is -0.454 e. The van der Waals surface area contributed by atoms with Gasteiger partial charge in [0.05, 0.1) is 12.5 Å². The van der Waals surface area contributed by atoms with Gasteiger partial charge in [-0.3, -0.25) is 9.59 Å². The lowest BCUT2D eigenvalue weighted by Gasteiger charge is -2.25. The quantitative estimate of drug-likeness (QED) is 0.726. The third-order valence-electron chi connectivity index (χ3n) is 5.29. The maximum atomic E-state index is 12.9. The van der Waals surface area contributed by atoms with Gasteiger partial charge >= 0.3 is 0 Å². The highest BCUT2D eigenvalue weighted by Crippen LogP contribution is 2.34. The van der Waals surface area contributed by atoms with Gasteiger partial charge in [0, 0.05) is 11.0 Å². The molecule has 0 saturated carbocycles. The number of carbonyl (C=O) groups excluding carboxylic acids is 2. The largest absolute Gasteiger partial charge is 0.454 e. The van der Waals surface area contributed by atoms with Gasteiger partial charge in [0.15, 0.2) is 11.5 Å². The van der Waals surface area contributed by atoms with E-state index in [2.05, 4.69) is 27.3 Å². The zero-order valence-corrected chi connectivity index (χ0v) is 17.7. The number of ether oxygens (including phenoxy) is 2. The molecule has 2 amide bonds. The Bertz CT molecular complexity index is 1000. The molecule has 0 aliphatic carbocycles. The van der Waals surface area contributed by atoms with Crippen molar-refractivity contribution in [3.05, 3.63) is 58.1 Å². The van der Waals surface area contributed by atoms with E-state index in [1.165, 1.54) is 0 Å². The molecule has 2 aliphatic heterocycles. The average molecular weight is 470 g/mol. The second kappa shape index (κ2) is 8.76. The molecular formula is C22H20BrN3O4. The molecule has 1 saturated heterocycles. The summed E-state index contributed by atoms with van der Waals surface area (Å²) in [4.78, 5) is 27.3. The molecule has 2 aromatic carbocycles. The van der Waals surface area contributed by atoms with E-state index in [4.69, 9.17) is 9.47 Å². The first kappa shape index (κ1) is 20.2. The van der Waals surface area contributed by atoms with E-state index < -0.39 is 12.1 Å². The van der Waals surface area contributed by atoms with Crippen LogP contribution in [0.3, 0.4) is 0 Å². The summed E-state index contributed by atoms with van der Waals surface area (Å²) in [5, 5.41) is 12.4. The average Bonchev–Trinajstić information content (AvgIpc) is 3.42. The number of fused-ring (bicyclic) bond motifs is 1. The number of nitrogens with zero attached hydrogens (tertiary/aromatic N) is 2. The fourth-order valence-electron chi connectivity index (χ4n) is 3.74. The maximum absolute atomic E-state index is 12.9. The third-order valence-corrected chi connectivity index (χ3v) is 5.82. The van der Waals surface area contributed by atoms with E-state index >= 15 is 0 Å². The van der Waals surface area contributed by atoms with Crippen LogP contribution in [0.15, 0.2) is 46.9 Å². The van der Waals surface area contributed by atoms with Crippen LogP contribution in [0.1, 0.15) is 30.0 Å². The van der Waals surface area contributed by atoms with Crippen molar-refractivity contribution in [3.63, 3.8) is 0 Å². The molecule has 2 aliphatic rings. The molecule has 30 heavy (non-hydrogen) atoms. The van der Waals surface area contributed by atoms with Crippen LogP contribution in [0.4, 0.5) is 0 Å². The molecule has 7 nitrogen and oxygen atoms in total. The number of likely N-dealkylation sites (tertiary alicyclic amines) is 1. The second-order valence-electron chi connectivity index (χ2n) is 7.23. The predicted octanol–water partition coefficient (Wildman–Crippen LogP) is 3.09. The highest BCUT2D eigenvalue weighted by molar-refractivity contribution is 9.10. The van der Waals surface area contributed by atoms with Gasteiger partial charge in [-0.2, -0.15) is 5.26 Å². The summed E-state index contributed by atoms with van der Waals surface area (Å²) >= 11 is 3.38. The SMILES string of the molecule is N#CC(NC(=O)[C@@H]1CCCN1C(=O)Cc1ccc(Br)cc1)c1ccc2c(c1)OCO2. The fourth-order valence-corrected chi connectivity index (χ4v) is 4.00. The van der Waals surface area contributed by atoms with Gasteiger partial charge < -0.3 is 19.7 Å². The van der Waals surface area contributed by atoms with Crippen molar-refractivity contribution in [2.24, 2.45) is 0 Å². The molecule has 0 spiro atoms. The van der Waals surface area contributed by atoms with E-state index in [0.29, 0.717) is 30.0 Å². The molecule has 4 rings (SSSR count). The van der Waals surface area contributed by atoms with Gasteiger partial charge in [-0.1, -0.05) is 34.1 Å². The van der Waals surface area contributed by atoms with Crippen LogP contribution in [-0.2, 0) is 16.0 Å². The van der Waals surface area contributed by atoms with E-state index in [-0.39, 0.29) is 25.0 Å². The Labute approximate surface area is 182 Å². The van der Waals surface area contributed by atoms with E-state index in [0.717, 1.165) is 16.5 Å². The number of rotatable bonds is 5. The predicted molar refractivity (Wildman–Crippen MR) is 112 cm³/mol. The van der Waals surface area contributed by atoms with Crippen molar-refractivity contribution in [2.75, 3.05) is 13.3 Å². The molecule has 0 bridgehead atoms. The van der Waals surface area contributed by atoms with Crippen LogP contribution < -0.4 is 14.8 Å². The van der Waals surface area contributed by atoms with E-state index in [9.17, 15) is 14.9 Å². The van der Waals surface area contributed by atoms with Crippen LogP contribution in [0.5, 0.6) is 11.5 Å². The number of hydrogen-bond acceptors (Lipinski definition) is 5. The molecule has 1 fully saturated rings. The standard InChI is InChI=1S/C22H20BrN3O4/c23-16-6-3-14(4-7-16)10-21(27)26-9-1-2-18(26)22(28)25-17(12-24)15-5-8-19-20(11-15)30-13-29-19/h3-8,11,17-18H,1-2,9-10,13H2,(H,25,28)/t17?,18-/m0/s1. The topological polar surface area (TPSA) is 91.7 Å². The van der Waals surface area contributed by atoms with Gasteiger partial charge in [-0.05, 0) is 48.2 Å². The van der Waals surface area contributed by atoms with Crippen molar-refractivity contribution in [1.29, 1.82) is 5.26 Å². The normalized spacial score (nSPS) is 18.0. The number of hydrogen-bond donors (Lipinski definition) is 1. The first-order valence-corrected chi connectivity index (χ1v) is 10.5. The molecule has 2 heterocycles. The smallest absolute Gasteiger partial charge is 0.244 e. The van der Waals surface area contributed by atoms with Crippen molar-refractivity contribution in [2.45, 2.75) is 31.3 Å². The maximum Gasteiger partial charge on any atom is 0.244 e. The number of carbonyl (C=O) groups is 2. The van der Waals surface area contributed by atoms with Crippen LogP contribution in [0.2, 0.25) is 0 Å². The van der Waals surface area contributed by atoms with Crippen molar-refractivity contribution in [3.8, 4) is 17.6 Å². The number of amides is 2. The lowest BCUT2D eigenvalue weighted by Crippen LogP contribution is -2.47. The molecule has 1 N–H and O–H groups in total. The summed E-state index contributed by atoms with van der Waals surface area (Å²) in [5.41, 5.74) is 1.50. The lowest BCUT2D eigenvalue weighted by molar-refractivity contribution is -0.138. The summed E-state index contributed by atoms with van der Waals surface area (Å²) in [5.74, 6) is 0.754. The second-order valence-corrected chi connectivity index (χ2v) is 8.15. The summed E-state index contributed by atoms with van der Waals surface area (Å²) in [6.45, 7) is 0.675. The zero-order valence-electron chi connectivity index (χ0n) is 16.1. The Kier molecular flexibility index (Phi) is 5.91. The molecule has 0 radical (unpaired) electrons. The number of halogens is 1. The Morgan fingerprint density at radius 1 is 1.20 bits per heavy atom. The van der Waals surface area contributed by atoms with Crippen molar-refractivity contribution < 1.29 is 19.1 Å². The molecule has 8 heteroatoms. The molecule has 2 aromatic rings. The van der Waals surface area contributed by atoms with E-state index in [1.54, 1.807) is 23.1 Å². The molecule has 2 atom stereocenters. The number of nitriles is 1. The zero-order chi connectivity index (χ0) is 21.1. The number of nitrogens with one attached hydrogen (secondary N) is 1. The van der Waals surface area contributed by atoms with Crippen LogP contribution >= 0.6 is 15.9 Å². The van der Waals surface area contributed by atoms with Gasteiger partial charge in [0.2, 0.25) is 18.6 Å². The van der Waals surface area contributed by atoms with Gasteiger partial charge in [0.1, 0.15) is 12.1 Å². The first-order valence-electron chi connectivity index (χ1n) is 9.68. The molecule has 0 aromatic heterocycles. The number of benzene rings is 2. The summed E-state index contributed by atoms with van der Waals surface area (Å²) in [6.07, 6.45) is 1.57. The third kappa shape index (κ3) is 4.26. The molecule has 154 valence electrons. The summed E-state index contributed by atoms with van der Waals surface area (Å²) in [6, 6.07) is 13.4. The van der Waals surface area contributed by atoms with Gasteiger partial charge in [-0.25, -0.2) is 0 Å². The van der Waals surface area contributed by atoms with Crippen LogP contribution in [-0.4, -0.2) is 36.1 Å². The minimum atomic E-state index is -0.837. The molecule has 1 unspecified atom stereocenters. The first-order chi connectivity index (χ1) is 14.5. The van der Waals surface area contributed by atoms with Gasteiger partial charge in [0.25, 0.3) is 0 Å². The lowest BCUT2D eigenvalue weighted by atomic mass is 10.1. The van der Waals surface area contributed by atoms with Crippen LogP contribution in [0, 0.1) is 11.3 Å². The van der Waals surface area contributed by atoms with Crippen LogP contribution in [0.25, 0.3) is 0 Å². The monoisotopic (exact) mass is 469 g/mol. The summed E-state index contributed by atoms with van der Waals surface area (Å²) in [7, 11) is 0. The minimum absolute atomic E-state index is 0.0911.